The lowest BCUT2D eigenvalue weighted by molar-refractivity contribution is 0.214. The molecular weight excluding hydrogens is 411 g/mol. The van der Waals surface area contributed by atoms with E-state index < -0.39 is 13.4 Å². The molecule has 0 saturated carbocycles. The number of pyridine rings is 1. The first-order valence-electron chi connectivity index (χ1n) is 10.8. The molecule has 0 saturated heterocycles. The monoisotopic (exact) mass is 448 g/mol. The molecule has 0 amide bonds. The molecule has 0 aliphatic carbocycles. The van der Waals surface area contributed by atoms with Gasteiger partial charge in [-0.1, -0.05) is 41.5 Å². The standard InChI is InChI=1S/C24H37N2O4P/c1-9-29-31(28,30-10-2)22(26-18-12-11-13-25-16-18)17-14-19(23(3,4)5)21(27)20(15-17)24(6,7)8/h11-16,22,26-27H,9-10H2,1-8H3. The molecule has 2 rings (SSSR count). The van der Waals surface area contributed by atoms with Crippen LogP contribution in [0.2, 0.25) is 0 Å². The molecule has 1 unspecified atom stereocenters. The molecule has 7 heteroatoms. The number of aromatic hydroxyl groups is 1. The van der Waals surface area contributed by atoms with Crippen molar-refractivity contribution in [2.24, 2.45) is 0 Å². The molecule has 1 heterocycles. The summed E-state index contributed by atoms with van der Waals surface area (Å²) >= 11 is 0. The van der Waals surface area contributed by atoms with Crippen LogP contribution < -0.4 is 5.32 Å². The van der Waals surface area contributed by atoms with Crippen molar-refractivity contribution in [1.29, 1.82) is 0 Å². The lowest BCUT2D eigenvalue weighted by Crippen LogP contribution is -2.21. The fraction of sp³-hybridized carbons (Fsp3) is 0.542. The van der Waals surface area contributed by atoms with Gasteiger partial charge in [-0.25, -0.2) is 0 Å². The van der Waals surface area contributed by atoms with E-state index in [1.165, 1.54) is 0 Å². The number of phenolic OH excluding ortho intramolecular Hbond substituents is 1. The van der Waals surface area contributed by atoms with Gasteiger partial charge in [0.2, 0.25) is 0 Å². The summed E-state index contributed by atoms with van der Waals surface area (Å²) < 4.78 is 25.4. The van der Waals surface area contributed by atoms with E-state index in [0.29, 0.717) is 5.69 Å². The van der Waals surface area contributed by atoms with Gasteiger partial charge < -0.3 is 19.5 Å². The lowest BCUT2D eigenvalue weighted by Gasteiger charge is -2.32. The van der Waals surface area contributed by atoms with E-state index in [4.69, 9.17) is 9.05 Å². The fourth-order valence-electron chi connectivity index (χ4n) is 3.46. The van der Waals surface area contributed by atoms with Crippen molar-refractivity contribution in [3.63, 3.8) is 0 Å². The molecule has 0 aliphatic heterocycles. The van der Waals surface area contributed by atoms with Gasteiger partial charge in [-0.15, -0.1) is 0 Å². The quantitative estimate of drug-likeness (QED) is 0.434. The van der Waals surface area contributed by atoms with E-state index in [1.807, 2.05) is 65.8 Å². The van der Waals surface area contributed by atoms with Crippen molar-refractivity contribution in [3.05, 3.63) is 53.3 Å². The van der Waals surface area contributed by atoms with Gasteiger partial charge in [0.05, 0.1) is 18.9 Å². The van der Waals surface area contributed by atoms with Crippen molar-refractivity contribution in [3.8, 4) is 5.75 Å². The number of aromatic nitrogens is 1. The second kappa shape index (κ2) is 9.72. The Bertz CT molecular complexity index is 872. The Morgan fingerprint density at radius 1 is 1.03 bits per heavy atom. The van der Waals surface area contributed by atoms with Crippen LogP contribution in [-0.2, 0) is 24.4 Å². The van der Waals surface area contributed by atoms with Crippen molar-refractivity contribution in [1.82, 2.24) is 4.98 Å². The smallest absolute Gasteiger partial charge is 0.357 e. The highest BCUT2D eigenvalue weighted by atomic mass is 31.2. The Morgan fingerprint density at radius 2 is 1.55 bits per heavy atom. The summed E-state index contributed by atoms with van der Waals surface area (Å²) in [6.07, 6.45) is 3.35. The van der Waals surface area contributed by atoms with Gasteiger partial charge in [-0.3, -0.25) is 9.55 Å². The Kier molecular flexibility index (Phi) is 7.96. The van der Waals surface area contributed by atoms with Gasteiger partial charge in [0, 0.05) is 12.4 Å². The van der Waals surface area contributed by atoms with E-state index in [9.17, 15) is 9.67 Å². The van der Waals surface area contributed by atoms with Crippen LogP contribution in [0.25, 0.3) is 0 Å². The molecule has 0 radical (unpaired) electrons. The molecule has 2 aromatic rings. The van der Waals surface area contributed by atoms with Crippen LogP contribution in [0.3, 0.4) is 0 Å². The fourth-order valence-corrected chi connectivity index (χ4v) is 5.37. The van der Waals surface area contributed by atoms with Crippen LogP contribution in [0.4, 0.5) is 5.69 Å². The number of nitrogens with one attached hydrogen (secondary N) is 1. The number of phenols is 1. The average molecular weight is 449 g/mol. The van der Waals surface area contributed by atoms with Gasteiger partial charge in [-0.05, 0) is 65.6 Å². The van der Waals surface area contributed by atoms with Crippen LogP contribution in [-0.4, -0.2) is 23.3 Å². The predicted molar refractivity (Wildman–Crippen MR) is 127 cm³/mol. The zero-order valence-corrected chi connectivity index (χ0v) is 20.9. The van der Waals surface area contributed by atoms with Gasteiger partial charge in [0.15, 0.2) is 5.78 Å². The van der Waals surface area contributed by atoms with Crippen LogP contribution in [0.15, 0.2) is 36.7 Å². The summed E-state index contributed by atoms with van der Waals surface area (Å²) in [5, 5.41) is 14.4. The summed E-state index contributed by atoms with van der Waals surface area (Å²) in [5.74, 6) is -0.495. The van der Waals surface area contributed by atoms with Gasteiger partial charge in [0.25, 0.3) is 0 Å². The first-order chi connectivity index (χ1) is 14.3. The van der Waals surface area contributed by atoms with Gasteiger partial charge in [0.1, 0.15) is 5.75 Å². The van der Waals surface area contributed by atoms with Crippen molar-refractivity contribution < 1.29 is 18.7 Å². The largest absolute Gasteiger partial charge is 0.507 e. The molecular formula is C24H37N2O4P. The molecule has 172 valence electrons. The van der Waals surface area contributed by atoms with Crippen LogP contribution in [0, 0.1) is 0 Å². The summed E-state index contributed by atoms with van der Waals surface area (Å²) in [7, 11) is -3.60. The molecule has 0 spiro atoms. The van der Waals surface area contributed by atoms with E-state index in [1.54, 1.807) is 26.2 Å². The van der Waals surface area contributed by atoms with Crippen LogP contribution in [0.5, 0.6) is 5.75 Å². The summed E-state index contributed by atoms with van der Waals surface area (Å²) in [4.78, 5) is 4.16. The number of hydrogen-bond acceptors (Lipinski definition) is 6. The highest BCUT2D eigenvalue weighted by molar-refractivity contribution is 7.54. The first-order valence-corrected chi connectivity index (χ1v) is 12.4. The molecule has 0 aliphatic rings. The Morgan fingerprint density at radius 3 is 1.94 bits per heavy atom. The molecule has 6 nitrogen and oxygen atoms in total. The highest BCUT2D eigenvalue weighted by Crippen LogP contribution is 2.61. The van der Waals surface area contributed by atoms with E-state index in [2.05, 4.69) is 10.3 Å². The van der Waals surface area contributed by atoms with Gasteiger partial charge in [-0.2, -0.15) is 0 Å². The van der Waals surface area contributed by atoms with Crippen molar-refractivity contribution >= 4 is 13.3 Å². The van der Waals surface area contributed by atoms with E-state index >= 15 is 0 Å². The third-order valence-corrected chi connectivity index (χ3v) is 7.26. The summed E-state index contributed by atoms with van der Waals surface area (Å²) in [6.45, 7) is 16.4. The number of nitrogens with zero attached hydrogens (tertiary/aromatic N) is 1. The second-order valence-corrected chi connectivity index (χ2v) is 11.7. The first kappa shape index (κ1) is 25.4. The average Bonchev–Trinajstić information content (AvgIpc) is 2.66. The number of anilines is 1. The minimum atomic E-state index is -3.60. The third-order valence-electron chi connectivity index (χ3n) is 4.96. The maximum Gasteiger partial charge on any atom is 0.357 e. The molecule has 2 N–H and O–H groups in total. The maximum atomic E-state index is 13.9. The Labute approximate surface area is 186 Å². The molecule has 0 bridgehead atoms. The topological polar surface area (TPSA) is 80.7 Å². The molecule has 1 aromatic carbocycles. The van der Waals surface area contributed by atoms with E-state index in [0.717, 1.165) is 16.7 Å². The normalized spacial score (nSPS) is 13.8. The molecule has 1 atom stereocenters. The summed E-state index contributed by atoms with van der Waals surface area (Å²) in [5.41, 5.74) is 2.37. The van der Waals surface area contributed by atoms with Crippen molar-refractivity contribution in [2.75, 3.05) is 18.5 Å². The molecule has 1 aromatic heterocycles. The Hall–Kier alpha value is -1.88. The zero-order chi connectivity index (χ0) is 23.4. The number of benzene rings is 1. The van der Waals surface area contributed by atoms with Crippen LogP contribution >= 0.6 is 7.60 Å². The molecule has 31 heavy (non-hydrogen) atoms. The van der Waals surface area contributed by atoms with Crippen LogP contribution in [0.1, 0.15) is 77.9 Å². The van der Waals surface area contributed by atoms with Crippen molar-refractivity contribution in [2.45, 2.75) is 72.0 Å². The predicted octanol–water partition coefficient (Wildman–Crippen LogP) is 6.76. The second-order valence-electron chi connectivity index (χ2n) is 9.63. The Balaban J connectivity index is 2.79. The zero-order valence-electron chi connectivity index (χ0n) is 20.0. The molecule has 0 fully saturated rings. The lowest BCUT2D eigenvalue weighted by atomic mass is 9.78. The number of rotatable bonds is 8. The minimum absolute atomic E-state index is 0.249. The SMILES string of the molecule is CCOP(=O)(OCC)C(Nc1cccnc1)c1cc(C(C)(C)C)c(O)c(C(C)(C)C)c1. The number of hydrogen-bond donors (Lipinski definition) is 2. The van der Waals surface area contributed by atoms with Gasteiger partial charge >= 0.3 is 7.60 Å². The third kappa shape index (κ3) is 6.09. The maximum absolute atomic E-state index is 13.9. The van der Waals surface area contributed by atoms with E-state index in [-0.39, 0.29) is 29.8 Å². The minimum Gasteiger partial charge on any atom is -0.507 e. The summed E-state index contributed by atoms with van der Waals surface area (Å²) in [6, 6.07) is 7.48. The highest BCUT2D eigenvalue weighted by Gasteiger charge is 2.39.